The van der Waals surface area contributed by atoms with Crippen molar-refractivity contribution in [2.24, 2.45) is 5.73 Å². The number of rotatable bonds is 7. The molecule has 4 heterocycles. The molecule has 0 aliphatic carbocycles. The number of primary amides is 1. The number of hydrogen-bond donors (Lipinski definition) is 1. The monoisotopic (exact) mass is 462 g/mol. The summed E-state index contributed by atoms with van der Waals surface area (Å²) in [5, 5.41) is 4.35. The summed E-state index contributed by atoms with van der Waals surface area (Å²) in [5.41, 5.74) is 7.59. The third-order valence-corrected chi connectivity index (χ3v) is 6.76. The quantitative estimate of drug-likeness (QED) is 0.579. The lowest BCUT2D eigenvalue weighted by Crippen LogP contribution is -2.39. The van der Waals surface area contributed by atoms with E-state index in [0.29, 0.717) is 30.1 Å². The first-order chi connectivity index (χ1) is 16.6. The first kappa shape index (κ1) is 22.3. The van der Waals surface area contributed by atoms with Crippen molar-refractivity contribution in [3.8, 4) is 5.75 Å². The van der Waals surface area contributed by atoms with E-state index in [9.17, 15) is 9.59 Å². The maximum Gasteiger partial charge on any atom is 0.254 e. The van der Waals surface area contributed by atoms with Crippen molar-refractivity contribution >= 4 is 17.5 Å². The first-order valence-corrected chi connectivity index (χ1v) is 12.0. The molecule has 1 aromatic carbocycles. The van der Waals surface area contributed by atoms with E-state index in [1.807, 2.05) is 35.2 Å². The number of amides is 2. The van der Waals surface area contributed by atoms with E-state index >= 15 is 0 Å². The van der Waals surface area contributed by atoms with Crippen molar-refractivity contribution in [2.45, 2.75) is 38.1 Å². The maximum atomic E-state index is 13.6. The van der Waals surface area contributed by atoms with Gasteiger partial charge in [-0.3, -0.25) is 14.5 Å². The van der Waals surface area contributed by atoms with Crippen LogP contribution in [-0.2, 0) is 0 Å². The van der Waals surface area contributed by atoms with Crippen LogP contribution >= 0.6 is 0 Å². The molecule has 2 aromatic heterocycles. The number of fused-ring (bicyclic) bond motifs is 1. The fourth-order valence-corrected chi connectivity index (χ4v) is 5.00. The molecule has 0 unspecified atom stereocenters. The van der Waals surface area contributed by atoms with Crippen molar-refractivity contribution in [3.63, 3.8) is 0 Å². The third kappa shape index (κ3) is 4.48. The lowest BCUT2D eigenvalue weighted by molar-refractivity contribution is 0.0602. The highest BCUT2D eigenvalue weighted by molar-refractivity contribution is 5.98. The van der Waals surface area contributed by atoms with Crippen LogP contribution in [0, 0.1) is 0 Å². The topological polar surface area (TPSA) is 106 Å². The highest BCUT2D eigenvalue weighted by Crippen LogP contribution is 2.33. The standard InChI is InChI=1S/C25H30N6O3/c26-23(32)20-17-28-31-22(9-10-27-24(20)31)21-8-1-2-13-30(21)25(33)18-6-5-7-19(16-18)34-15-14-29-11-3-4-12-29/h5-7,9-10,16-17,21H,1-4,8,11-15H2,(H2,26,32)/t21-/m0/s1. The summed E-state index contributed by atoms with van der Waals surface area (Å²) in [6.45, 7) is 4.44. The minimum absolute atomic E-state index is 0.0399. The Hall–Kier alpha value is -3.46. The zero-order chi connectivity index (χ0) is 23.5. The number of nitrogens with zero attached hydrogens (tertiary/aromatic N) is 5. The van der Waals surface area contributed by atoms with Crippen molar-refractivity contribution in [3.05, 3.63) is 59.5 Å². The average molecular weight is 463 g/mol. The summed E-state index contributed by atoms with van der Waals surface area (Å²) in [6.07, 6.45) is 8.34. The van der Waals surface area contributed by atoms with Gasteiger partial charge in [0.2, 0.25) is 0 Å². The van der Waals surface area contributed by atoms with Gasteiger partial charge >= 0.3 is 0 Å². The average Bonchev–Trinajstić information content (AvgIpc) is 3.54. The number of ether oxygens (including phenoxy) is 1. The Balaban J connectivity index is 1.36. The van der Waals surface area contributed by atoms with E-state index in [-0.39, 0.29) is 17.5 Å². The highest BCUT2D eigenvalue weighted by Gasteiger charge is 2.31. The second-order valence-corrected chi connectivity index (χ2v) is 8.96. The Bertz CT molecular complexity index is 1190. The van der Waals surface area contributed by atoms with Crippen molar-refractivity contribution in [1.82, 2.24) is 24.4 Å². The number of nitrogens with two attached hydrogens (primary N) is 1. The molecule has 0 saturated carbocycles. The summed E-state index contributed by atoms with van der Waals surface area (Å²) in [6, 6.07) is 9.12. The van der Waals surface area contributed by atoms with Crippen molar-refractivity contribution in [2.75, 3.05) is 32.8 Å². The Kier molecular flexibility index (Phi) is 6.44. The lowest BCUT2D eigenvalue weighted by atomic mass is 9.97. The predicted octanol–water partition coefficient (Wildman–Crippen LogP) is 2.67. The Morgan fingerprint density at radius 2 is 1.91 bits per heavy atom. The molecule has 9 heteroatoms. The number of benzene rings is 1. The predicted molar refractivity (Wildman–Crippen MR) is 127 cm³/mol. The van der Waals surface area contributed by atoms with Crippen LogP contribution in [0.5, 0.6) is 5.75 Å². The smallest absolute Gasteiger partial charge is 0.254 e. The molecule has 0 spiro atoms. The van der Waals surface area contributed by atoms with Gasteiger partial charge in [-0.1, -0.05) is 6.07 Å². The molecule has 2 saturated heterocycles. The van der Waals surface area contributed by atoms with E-state index in [0.717, 1.165) is 44.6 Å². The zero-order valence-corrected chi connectivity index (χ0v) is 19.2. The molecule has 0 bridgehead atoms. The first-order valence-electron chi connectivity index (χ1n) is 12.0. The van der Waals surface area contributed by atoms with Crippen molar-refractivity contribution < 1.29 is 14.3 Å². The normalized spacial score (nSPS) is 18.9. The van der Waals surface area contributed by atoms with Crippen LogP contribution in [0.15, 0.2) is 42.7 Å². The third-order valence-electron chi connectivity index (χ3n) is 6.76. The van der Waals surface area contributed by atoms with Gasteiger partial charge in [0.25, 0.3) is 11.8 Å². The van der Waals surface area contributed by atoms with Gasteiger partial charge in [0.05, 0.1) is 17.9 Å². The number of likely N-dealkylation sites (tertiary alicyclic amines) is 2. The zero-order valence-electron chi connectivity index (χ0n) is 19.2. The van der Waals surface area contributed by atoms with E-state index in [1.165, 1.54) is 19.0 Å². The Morgan fingerprint density at radius 1 is 1.09 bits per heavy atom. The molecule has 178 valence electrons. The number of carbonyl (C=O) groups excluding carboxylic acids is 2. The number of carbonyl (C=O) groups is 2. The molecule has 9 nitrogen and oxygen atoms in total. The Morgan fingerprint density at radius 3 is 2.74 bits per heavy atom. The SMILES string of the molecule is NC(=O)c1cnn2c([C@@H]3CCCCN3C(=O)c3cccc(OCCN4CCCC4)c3)ccnc12. The molecule has 2 aliphatic rings. The number of piperidine rings is 1. The minimum atomic E-state index is -0.572. The summed E-state index contributed by atoms with van der Waals surface area (Å²) in [4.78, 5) is 34.0. The second kappa shape index (κ2) is 9.80. The van der Waals surface area contributed by atoms with Gasteiger partial charge in [-0.2, -0.15) is 5.10 Å². The van der Waals surface area contributed by atoms with Crippen LogP contribution in [-0.4, -0.2) is 69.0 Å². The van der Waals surface area contributed by atoms with Gasteiger partial charge in [0, 0.05) is 24.8 Å². The Labute approximate surface area is 198 Å². The van der Waals surface area contributed by atoms with Crippen LogP contribution in [0.3, 0.4) is 0 Å². The molecule has 2 aliphatic heterocycles. The molecule has 2 fully saturated rings. The second-order valence-electron chi connectivity index (χ2n) is 8.96. The van der Waals surface area contributed by atoms with Gasteiger partial charge in [-0.25, -0.2) is 9.50 Å². The molecular weight excluding hydrogens is 432 g/mol. The van der Waals surface area contributed by atoms with Crippen LogP contribution < -0.4 is 10.5 Å². The maximum absolute atomic E-state index is 13.6. The molecule has 0 radical (unpaired) electrons. The van der Waals surface area contributed by atoms with Crippen LogP contribution in [0.4, 0.5) is 0 Å². The summed E-state index contributed by atoms with van der Waals surface area (Å²) in [7, 11) is 0. The number of aromatic nitrogens is 3. The fourth-order valence-electron chi connectivity index (χ4n) is 5.00. The van der Waals surface area contributed by atoms with E-state index in [2.05, 4.69) is 15.0 Å². The molecule has 34 heavy (non-hydrogen) atoms. The summed E-state index contributed by atoms with van der Waals surface area (Å²) < 4.78 is 7.60. The molecule has 2 N–H and O–H groups in total. The van der Waals surface area contributed by atoms with Gasteiger partial charge < -0.3 is 15.4 Å². The molecular formula is C25H30N6O3. The van der Waals surface area contributed by atoms with Gasteiger partial charge in [0.15, 0.2) is 5.65 Å². The number of hydrogen-bond acceptors (Lipinski definition) is 6. The van der Waals surface area contributed by atoms with Gasteiger partial charge in [-0.15, -0.1) is 0 Å². The van der Waals surface area contributed by atoms with Crippen molar-refractivity contribution in [1.29, 1.82) is 0 Å². The lowest BCUT2D eigenvalue weighted by Gasteiger charge is -2.36. The molecule has 3 aromatic rings. The van der Waals surface area contributed by atoms with Gasteiger partial charge in [0.1, 0.15) is 17.9 Å². The van der Waals surface area contributed by atoms with Crippen LogP contribution in [0.2, 0.25) is 0 Å². The van der Waals surface area contributed by atoms with E-state index in [1.54, 1.807) is 10.7 Å². The van der Waals surface area contributed by atoms with Crippen LogP contribution in [0.25, 0.3) is 5.65 Å². The molecule has 1 atom stereocenters. The largest absolute Gasteiger partial charge is 0.492 e. The van der Waals surface area contributed by atoms with Gasteiger partial charge in [-0.05, 0) is 69.5 Å². The van der Waals surface area contributed by atoms with Crippen LogP contribution in [0.1, 0.15) is 64.6 Å². The summed E-state index contributed by atoms with van der Waals surface area (Å²) >= 11 is 0. The fraction of sp³-hybridized carbons (Fsp3) is 0.440. The highest BCUT2D eigenvalue weighted by atomic mass is 16.5. The molecule has 2 amide bonds. The van der Waals surface area contributed by atoms with E-state index in [4.69, 9.17) is 10.5 Å². The van der Waals surface area contributed by atoms with E-state index < -0.39 is 5.91 Å². The minimum Gasteiger partial charge on any atom is -0.492 e. The molecule has 5 rings (SSSR count). The summed E-state index contributed by atoms with van der Waals surface area (Å²) in [5.74, 6) is 0.0998.